The normalized spacial score (nSPS) is 31.2. The maximum Gasteiger partial charge on any atom is 0.225 e. The highest BCUT2D eigenvalue weighted by atomic mass is 16.2. The van der Waals surface area contributed by atoms with Gasteiger partial charge in [-0.1, -0.05) is 20.8 Å². The Hall–Kier alpha value is -0.570. The molecule has 2 aliphatic heterocycles. The van der Waals surface area contributed by atoms with Crippen LogP contribution in [0.5, 0.6) is 0 Å². The molecule has 2 rings (SSSR count). The van der Waals surface area contributed by atoms with Gasteiger partial charge in [-0.3, -0.25) is 4.79 Å². The topological polar surface area (TPSA) is 32.3 Å². The molecule has 0 spiro atoms. The molecular weight excluding hydrogens is 212 g/mol. The van der Waals surface area contributed by atoms with Gasteiger partial charge in [-0.25, -0.2) is 0 Å². The molecule has 2 heterocycles. The Bertz CT molecular complexity index is 271. The molecule has 0 aromatic heterocycles. The number of nitrogens with one attached hydrogen (secondary N) is 1. The van der Waals surface area contributed by atoms with Crippen LogP contribution in [0.1, 0.15) is 46.5 Å². The third-order valence-corrected chi connectivity index (χ3v) is 4.53. The molecule has 0 radical (unpaired) electrons. The van der Waals surface area contributed by atoms with Crippen LogP contribution in [0.25, 0.3) is 0 Å². The lowest BCUT2D eigenvalue weighted by Gasteiger charge is -2.32. The van der Waals surface area contributed by atoms with E-state index in [9.17, 15) is 4.79 Å². The molecule has 1 amide bonds. The molecule has 3 nitrogen and oxygen atoms in total. The number of hydrogen-bond donors (Lipinski definition) is 1. The fourth-order valence-corrected chi connectivity index (χ4v) is 3.07. The van der Waals surface area contributed by atoms with Gasteiger partial charge in [0.15, 0.2) is 0 Å². The third kappa shape index (κ3) is 2.65. The van der Waals surface area contributed by atoms with Crippen molar-refractivity contribution in [2.75, 3.05) is 13.1 Å². The highest BCUT2D eigenvalue weighted by Gasteiger charge is 2.37. The molecule has 3 heteroatoms. The van der Waals surface area contributed by atoms with Gasteiger partial charge in [0, 0.05) is 24.5 Å². The Balaban J connectivity index is 2.01. The zero-order valence-electron chi connectivity index (χ0n) is 11.4. The fraction of sp³-hybridized carbons (Fsp3) is 0.929. The van der Waals surface area contributed by atoms with Gasteiger partial charge in [-0.2, -0.15) is 0 Å². The van der Waals surface area contributed by atoms with Crippen LogP contribution in [-0.4, -0.2) is 36.0 Å². The van der Waals surface area contributed by atoms with Crippen LogP contribution in [0, 0.1) is 11.8 Å². The highest BCUT2D eigenvalue weighted by molar-refractivity contribution is 5.79. The van der Waals surface area contributed by atoms with Crippen molar-refractivity contribution in [2.45, 2.75) is 58.5 Å². The van der Waals surface area contributed by atoms with Crippen LogP contribution in [0.3, 0.4) is 0 Å². The first-order chi connectivity index (χ1) is 8.11. The van der Waals surface area contributed by atoms with E-state index in [0.717, 1.165) is 13.1 Å². The molecule has 3 unspecified atom stereocenters. The summed E-state index contributed by atoms with van der Waals surface area (Å²) in [5.74, 6) is 0.980. The minimum atomic E-state index is 0.164. The molecule has 0 aromatic rings. The van der Waals surface area contributed by atoms with Crippen molar-refractivity contribution in [1.82, 2.24) is 10.2 Å². The second kappa shape index (κ2) is 5.38. The van der Waals surface area contributed by atoms with Gasteiger partial charge in [-0.05, 0) is 38.1 Å². The summed E-state index contributed by atoms with van der Waals surface area (Å²) in [5.41, 5.74) is 0. The summed E-state index contributed by atoms with van der Waals surface area (Å²) >= 11 is 0. The number of carbonyl (C=O) groups is 1. The van der Waals surface area contributed by atoms with Crippen LogP contribution < -0.4 is 5.32 Å². The van der Waals surface area contributed by atoms with E-state index in [1.54, 1.807) is 0 Å². The minimum Gasteiger partial charge on any atom is -0.338 e. The number of nitrogens with zero attached hydrogens (tertiary/aromatic N) is 1. The zero-order valence-corrected chi connectivity index (χ0v) is 11.4. The summed E-state index contributed by atoms with van der Waals surface area (Å²) in [5, 5.41) is 3.56. The monoisotopic (exact) mass is 238 g/mol. The van der Waals surface area contributed by atoms with E-state index in [4.69, 9.17) is 0 Å². The lowest BCUT2D eigenvalue weighted by molar-refractivity contribution is -0.137. The molecule has 3 atom stereocenters. The maximum absolute atomic E-state index is 12.5. The predicted molar refractivity (Wildman–Crippen MR) is 69.8 cm³/mol. The number of likely N-dealkylation sites (tertiary alicyclic amines) is 1. The highest BCUT2D eigenvalue weighted by Crippen LogP contribution is 2.27. The Kier molecular flexibility index (Phi) is 4.08. The van der Waals surface area contributed by atoms with Crippen LogP contribution in [0.4, 0.5) is 0 Å². The molecule has 0 aliphatic carbocycles. The molecule has 2 saturated heterocycles. The second-order valence-corrected chi connectivity index (χ2v) is 5.98. The van der Waals surface area contributed by atoms with Gasteiger partial charge in [0.25, 0.3) is 0 Å². The molecule has 1 N–H and O–H groups in total. The zero-order chi connectivity index (χ0) is 12.4. The Morgan fingerprint density at radius 2 is 2.00 bits per heavy atom. The summed E-state index contributed by atoms with van der Waals surface area (Å²) in [4.78, 5) is 14.6. The first-order valence-electron chi connectivity index (χ1n) is 7.15. The van der Waals surface area contributed by atoms with E-state index in [1.807, 2.05) is 0 Å². The summed E-state index contributed by atoms with van der Waals surface area (Å²) in [6, 6.07) is 1.02. The van der Waals surface area contributed by atoms with Crippen LogP contribution in [-0.2, 0) is 4.79 Å². The molecule has 2 aliphatic rings. The summed E-state index contributed by atoms with van der Waals surface area (Å²) in [6.07, 6.45) is 4.88. The Morgan fingerprint density at radius 3 is 2.59 bits per heavy atom. The van der Waals surface area contributed by atoms with Crippen LogP contribution in [0.15, 0.2) is 0 Å². The van der Waals surface area contributed by atoms with Gasteiger partial charge >= 0.3 is 0 Å². The third-order valence-electron chi connectivity index (χ3n) is 4.53. The van der Waals surface area contributed by atoms with Crippen molar-refractivity contribution in [3.8, 4) is 0 Å². The minimum absolute atomic E-state index is 0.164. The maximum atomic E-state index is 12.5. The number of hydrogen-bond acceptors (Lipinski definition) is 2. The van der Waals surface area contributed by atoms with Gasteiger partial charge < -0.3 is 10.2 Å². The van der Waals surface area contributed by atoms with Crippen molar-refractivity contribution >= 4 is 5.91 Å². The Labute approximate surface area is 105 Å². The second-order valence-electron chi connectivity index (χ2n) is 5.98. The van der Waals surface area contributed by atoms with Gasteiger partial charge in [0.05, 0.1) is 0 Å². The van der Waals surface area contributed by atoms with Crippen LogP contribution in [0.2, 0.25) is 0 Å². The largest absolute Gasteiger partial charge is 0.338 e. The lowest BCUT2D eigenvalue weighted by Crippen LogP contribution is -2.48. The molecule has 0 aromatic carbocycles. The van der Waals surface area contributed by atoms with Crippen molar-refractivity contribution in [3.05, 3.63) is 0 Å². The molecule has 2 fully saturated rings. The van der Waals surface area contributed by atoms with Crippen molar-refractivity contribution in [2.24, 2.45) is 11.8 Å². The summed E-state index contributed by atoms with van der Waals surface area (Å²) < 4.78 is 0. The van der Waals surface area contributed by atoms with Gasteiger partial charge in [0.2, 0.25) is 5.91 Å². The van der Waals surface area contributed by atoms with Crippen molar-refractivity contribution in [1.29, 1.82) is 0 Å². The van der Waals surface area contributed by atoms with Gasteiger partial charge in [-0.15, -0.1) is 0 Å². The number of rotatable bonds is 3. The van der Waals surface area contributed by atoms with E-state index in [0.29, 0.717) is 23.9 Å². The standard InChI is InChI=1S/C14H26N2O/c1-10(2)11(3)14(17)16-9-5-7-13(16)12-6-4-8-15-12/h10-13,15H,4-9H2,1-3H3. The predicted octanol–water partition coefficient (Wildman–Crippen LogP) is 2.02. The molecular formula is C14H26N2O. The quantitative estimate of drug-likeness (QED) is 0.816. The SMILES string of the molecule is CC(C)C(C)C(=O)N1CCCC1C1CCCN1. The molecule has 17 heavy (non-hydrogen) atoms. The number of amides is 1. The van der Waals surface area contributed by atoms with Crippen molar-refractivity contribution < 1.29 is 4.79 Å². The first-order valence-corrected chi connectivity index (χ1v) is 7.15. The van der Waals surface area contributed by atoms with Crippen LogP contribution >= 0.6 is 0 Å². The average molecular weight is 238 g/mol. The smallest absolute Gasteiger partial charge is 0.225 e. The Morgan fingerprint density at radius 1 is 1.24 bits per heavy atom. The van der Waals surface area contributed by atoms with E-state index in [-0.39, 0.29) is 5.92 Å². The van der Waals surface area contributed by atoms with E-state index < -0.39 is 0 Å². The summed E-state index contributed by atoms with van der Waals surface area (Å²) in [6.45, 7) is 8.45. The van der Waals surface area contributed by atoms with Crippen molar-refractivity contribution in [3.63, 3.8) is 0 Å². The van der Waals surface area contributed by atoms with Gasteiger partial charge in [0.1, 0.15) is 0 Å². The van der Waals surface area contributed by atoms with E-state index in [2.05, 4.69) is 31.0 Å². The lowest BCUT2D eigenvalue weighted by atomic mass is 9.95. The van der Waals surface area contributed by atoms with E-state index >= 15 is 0 Å². The number of carbonyl (C=O) groups excluding carboxylic acids is 1. The summed E-state index contributed by atoms with van der Waals surface area (Å²) in [7, 11) is 0. The molecule has 0 bridgehead atoms. The fourth-order valence-electron chi connectivity index (χ4n) is 3.07. The average Bonchev–Trinajstić information content (AvgIpc) is 2.96. The molecule has 0 saturated carbocycles. The van der Waals surface area contributed by atoms with E-state index in [1.165, 1.54) is 25.7 Å². The molecule has 98 valence electrons. The first kappa shape index (κ1) is 12.9.